The number of halogens is 1. The van der Waals surface area contributed by atoms with Crippen molar-refractivity contribution in [3.8, 4) is 11.5 Å². The molecule has 13 heteroatoms. The van der Waals surface area contributed by atoms with Crippen LogP contribution >= 0.6 is 0 Å². The zero-order valence-electron chi connectivity index (χ0n) is 22.2. The first-order valence-corrected chi connectivity index (χ1v) is 12.1. The average Bonchev–Trinajstić information content (AvgIpc) is 2.94. The van der Waals surface area contributed by atoms with Crippen LogP contribution in [0, 0.1) is 11.2 Å². The van der Waals surface area contributed by atoms with Crippen molar-refractivity contribution in [2.45, 2.75) is 13.0 Å². The smallest absolute Gasteiger partial charge is 0.272 e. The zero-order chi connectivity index (χ0) is 29.2. The van der Waals surface area contributed by atoms with Gasteiger partial charge in [-0.3, -0.25) is 35.6 Å². The van der Waals surface area contributed by atoms with Gasteiger partial charge in [0.25, 0.3) is 17.7 Å². The third-order valence-corrected chi connectivity index (χ3v) is 5.54. The van der Waals surface area contributed by atoms with Crippen LogP contribution in [0.5, 0.6) is 11.5 Å². The molecule has 1 unspecified atom stereocenters. The van der Waals surface area contributed by atoms with E-state index in [1.54, 1.807) is 63.5 Å². The molecule has 3 aromatic rings. The summed E-state index contributed by atoms with van der Waals surface area (Å²) < 4.78 is 25.3. The van der Waals surface area contributed by atoms with E-state index >= 15 is 0 Å². The van der Waals surface area contributed by atoms with Gasteiger partial charge in [-0.15, -0.1) is 0 Å². The van der Waals surface area contributed by atoms with Crippen molar-refractivity contribution in [2.24, 2.45) is 5.73 Å². The number of rotatable bonds is 11. The summed E-state index contributed by atoms with van der Waals surface area (Å²) in [5.41, 5.74) is 11.2. The Morgan fingerprint density at radius 2 is 1.77 bits per heavy atom. The summed E-state index contributed by atoms with van der Waals surface area (Å²) in [5.74, 6) is -2.18. The lowest BCUT2D eigenvalue weighted by atomic mass is 10.0. The second-order valence-electron chi connectivity index (χ2n) is 8.58. The van der Waals surface area contributed by atoms with E-state index in [1.807, 2.05) is 0 Å². The predicted octanol–water partition coefficient (Wildman–Crippen LogP) is 1.98. The minimum absolute atomic E-state index is 0.114. The van der Waals surface area contributed by atoms with Gasteiger partial charge in [-0.05, 0) is 55.0 Å². The number of carbonyl (C=O) groups excluding carboxylic acids is 3. The average molecular weight is 552 g/mol. The number of likely N-dealkylation sites (N-methyl/N-ethyl adjacent to an activating group) is 1. The molecule has 0 radical (unpaired) electrons. The number of aromatic nitrogens is 1. The van der Waals surface area contributed by atoms with Gasteiger partial charge in [-0.25, -0.2) is 4.39 Å². The molecule has 3 amide bonds. The van der Waals surface area contributed by atoms with Crippen LogP contribution in [0.2, 0.25) is 0 Å². The Kier molecular flexibility index (Phi) is 9.95. The van der Waals surface area contributed by atoms with E-state index in [-0.39, 0.29) is 30.5 Å². The number of ether oxygens (including phenoxy) is 2. The molecule has 0 aliphatic rings. The summed E-state index contributed by atoms with van der Waals surface area (Å²) in [4.78, 5) is 42.7. The van der Waals surface area contributed by atoms with Gasteiger partial charge in [-0.1, -0.05) is 6.07 Å². The molecule has 0 spiro atoms. The molecule has 1 aromatic heterocycles. The SMILES string of the molecule is CCOc1cc(C(Nc2ccc(C(=N)N)cc2)C(=O)NNC(=O)c2ccncc2F)ccc1OCC(=O)N(C)C. The molecule has 40 heavy (non-hydrogen) atoms. The maximum atomic E-state index is 14.0. The lowest BCUT2D eigenvalue weighted by Crippen LogP contribution is -2.45. The number of nitrogen functional groups attached to an aromatic ring is 1. The summed E-state index contributed by atoms with van der Waals surface area (Å²) in [6.45, 7) is 1.84. The number of amidine groups is 1. The van der Waals surface area contributed by atoms with Gasteiger partial charge in [0.05, 0.1) is 18.4 Å². The number of hydrazine groups is 1. The number of pyridine rings is 1. The van der Waals surface area contributed by atoms with E-state index in [2.05, 4.69) is 21.2 Å². The van der Waals surface area contributed by atoms with Crippen molar-refractivity contribution in [2.75, 3.05) is 32.6 Å². The quantitative estimate of drug-likeness (QED) is 0.137. The summed E-state index contributed by atoms with van der Waals surface area (Å²) in [6, 6.07) is 11.3. The number of benzene rings is 2. The Bertz CT molecular complexity index is 1380. The summed E-state index contributed by atoms with van der Waals surface area (Å²) in [6.07, 6.45) is 2.14. The molecule has 12 nitrogen and oxygen atoms in total. The van der Waals surface area contributed by atoms with Crippen LogP contribution in [-0.2, 0) is 9.59 Å². The Hall–Kier alpha value is -5.20. The highest BCUT2D eigenvalue weighted by Crippen LogP contribution is 2.32. The van der Waals surface area contributed by atoms with E-state index in [1.165, 1.54) is 17.2 Å². The standard InChI is InChI=1S/C27H30FN7O5/c1-4-39-22-13-17(7-10-21(22)40-15-23(36)35(2)3)24(32-18-8-5-16(6-9-18)25(29)30)27(38)34-33-26(37)19-11-12-31-14-20(19)28/h5-14,24,32H,4,15H2,1-3H3,(H3,29,30)(H,33,37)(H,34,38). The number of hydrogen-bond acceptors (Lipinski definition) is 8. The van der Waals surface area contributed by atoms with Crippen LogP contribution in [0.25, 0.3) is 0 Å². The van der Waals surface area contributed by atoms with E-state index in [0.29, 0.717) is 28.3 Å². The van der Waals surface area contributed by atoms with Gasteiger partial charge in [0.2, 0.25) is 0 Å². The van der Waals surface area contributed by atoms with Gasteiger partial charge >= 0.3 is 0 Å². The number of carbonyl (C=O) groups is 3. The first-order chi connectivity index (χ1) is 19.1. The minimum atomic E-state index is -1.08. The third kappa shape index (κ3) is 7.66. The van der Waals surface area contributed by atoms with Crippen molar-refractivity contribution in [3.05, 3.63) is 83.4 Å². The highest BCUT2D eigenvalue weighted by atomic mass is 19.1. The lowest BCUT2D eigenvalue weighted by Gasteiger charge is -2.22. The Labute approximate surface area is 230 Å². The van der Waals surface area contributed by atoms with Crippen molar-refractivity contribution in [1.82, 2.24) is 20.7 Å². The van der Waals surface area contributed by atoms with Crippen molar-refractivity contribution in [1.29, 1.82) is 5.41 Å². The monoisotopic (exact) mass is 551 g/mol. The Balaban J connectivity index is 1.89. The number of nitrogens with one attached hydrogen (secondary N) is 4. The van der Waals surface area contributed by atoms with Crippen LogP contribution in [0.4, 0.5) is 10.1 Å². The molecule has 6 N–H and O–H groups in total. The van der Waals surface area contributed by atoms with E-state index < -0.39 is 23.7 Å². The largest absolute Gasteiger partial charge is 0.490 e. The molecule has 3 rings (SSSR count). The van der Waals surface area contributed by atoms with Crippen molar-refractivity contribution in [3.63, 3.8) is 0 Å². The molecule has 1 atom stereocenters. The van der Waals surface area contributed by atoms with Crippen molar-refractivity contribution < 1.29 is 28.2 Å². The van der Waals surface area contributed by atoms with Gasteiger partial charge in [-0.2, -0.15) is 0 Å². The number of hydrogen-bond donors (Lipinski definition) is 5. The topological polar surface area (TPSA) is 172 Å². The lowest BCUT2D eigenvalue weighted by molar-refractivity contribution is -0.130. The fourth-order valence-electron chi connectivity index (χ4n) is 3.39. The van der Waals surface area contributed by atoms with E-state index in [9.17, 15) is 18.8 Å². The zero-order valence-corrected chi connectivity index (χ0v) is 22.2. The Morgan fingerprint density at radius 3 is 2.40 bits per heavy atom. The van der Waals surface area contributed by atoms with Crippen LogP contribution in [0.3, 0.4) is 0 Å². The predicted molar refractivity (Wildman–Crippen MR) is 145 cm³/mol. The summed E-state index contributed by atoms with van der Waals surface area (Å²) in [5, 5.41) is 10.6. The van der Waals surface area contributed by atoms with Crippen LogP contribution in [-0.4, -0.2) is 60.8 Å². The third-order valence-electron chi connectivity index (χ3n) is 5.54. The molecule has 0 saturated heterocycles. The molecule has 210 valence electrons. The first-order valence-electron chi connectivity index (χ1n) is 12.1. The molecule has 0 saturated carbocycles. The molecule has 0 aliphatic heterocycles. The van der Waals surface area contributed by atoms with Crippen LogP contribution < -0.4 is 31.4 Å². The van der Waals surface area contributed by atoms with Gasteiger partial charge < -0.3 is 25.4 Å². The number of nitrogens with two attached hydrogens (primary N) is 1. The van der Waals surface area contributed by atoms with Crippen LogP contribution in [0.15, 0.2) is 60.9 Å². The summed E-state index contributed by atoms with van der Waals surface area (Å²) >= 11 is 0. The minimum Gasteiger partial charge on any atom is -0.490 e. The van der Waals surface area contributed by atoms with Gasteiger partial charge in [0.1, 0.15) is 11.9 Å². The molecule has 0 bridgehead atoms. The maximum absolute atomic E-state index is 14.0. The molecule has 0 fully saturated rings. The van der Waals surface area contributed by atoms with E-state index in [4.69, 9.17) is 20.6 Å². The fourth-order valence-corrected chi connectivity index (χ4v) is 3.39. The van der Waals surface area contributed by atoms with Crippen LogP contribution in [0.1, 0.15) is 34.5 Å². The second-order valence-corrected chi connectivity index (χ2v) is 8.58. The number of amides is 3. The highest BCUT2D eigenvalue weighted by molar-refractivity contribution is 5.97. The summed E-state index contributed by atoms with van der Waals surface area (Å²) in [7, 11) is 3.22. The normalized spacial score (nSPS) is 11.1. The van der Waals surface area contributed by atoms with E-state index in [0.717, 1.165) is 6.20 Å². The maximum Gasteiger partial charge on any atom is 0.272 e. The first kappa shape index (κ1) is 29.4. The molecular weight excluding hydrogens is 521 g/mol. The molecule has 0 aliphatic carbocycles. The molecular formula is C27H30FN7O5. The number of anilines is 1. The second kappa shape index (κ2) is 13.6. The fraction of sp³-hybridized carbons (Fsp3) is 0.222. The highest BCUT2D eigenvalue weighted by Gasteiger charge is 2.24. The molecule has 2 aromatic carbocycles. The van der Waals surface area contributed by atoms with Crippen molar-refractivity contribution >= 4 is 29.2 Å². The van der Waals surface area contributed by atoms with Gasteiger partial charge in [0.15, 0.2) is 23.9 Å². The molecule has 1 heterocycles. The number of nitrogens with zero attached hydrogens (tertiary/aromatic N) is 2. The van der Waals surface area contributed by atoms with Gasteiger partial charge in [0, 0.05) is 31.5 Å². The Morgan fingerprint density at radius 1 is 1.05 bits per heavy atom.